The van der Waals surface area contributed by atoms with Gasteiger partial charge in [-0.05, 0) is 50.6 Å². The number of hydrogen-bond acceptors (Lipinski definition) is 6. The summed E-state index contributed by atoms with van der Waals surface area (Å²) < 4.78 is 16.7. The van der Waals surface area contributed by atoms with Crippen LogP contribution in [0.2, 0.25) is 5.02 Å². The summed E-state index contributed by atoms with van der Waals surface area (Å²) in [5, 5.41) is 3.14. The first-order valence-corrected chi connectivity index (χ1v) is 11.0. The number of pyridine rings is 1. The Morgan fingerprint density at radius 2 is 2.06 bits per heavy atom. The number of carbonyl (C=O) groups excluding carboxylic acids is 1. The molecule has 0 radical (unpaired) electrons. The van der Waals surface area contributed by atoms with E-state index in [1.165, 1.54) is 0 Å². The predicted octanol–water partition coefficient (Wildman–Crippen LogP) is 3.55. The lowest BCUT2D eigenvalue weighted by Gasteiger charge is -2.31. The number of nitrogens with zero attached hydrogens (tertiary/aromatic N) is 2. The van der Waals surface area contributed by atoms with Gasteiger partial charge in [-0.1, -0.05) is 23.7 Å². The van der Waals surface area contributed by atoms with E-state index in [1.807, 2.05) is 31.2 Å². The summed E-state index contributed by atoms with van der Waals surface area (Å²) in [6.07, 6.45) is 2.13. The average molecular weight is 448 g/mol. The van der Waals surface area contributed by atoms with Gasteiger partial charge in [-0.3, -0.25) is 9.69 Å². The number of hydrogen-bond donors (Lipinski definition) is 1. The number of ether oxygens (including phenoxy) is 3. The highest BCUT2D eigenvalue weighted by molar-refractivity contribution is 6.33. The van der Waals surface area contributed by atoms with Crippen LogP contribution < -0.4 is 14.8 Å². The van der Waals surface area contributed by atoms with Crippen LogP contribution in [0.15, 0.2) is 36.4 Å². The van der Waals surface area contributed by atoms with Crippen molar-refractivity contribution in [1.82, 2.24) is 15.2 Å². The number of carbonyl (C=O) groups is 1. The molecule has 1 aliphatic heterocycles. The van der Waals surface area contributed by atoms with Gasteiger partial charge in [0.05, 0.1) is 11.6 Å². The van der Waals surface area contributed by atoms with Crippen molar-refractivity contribution in [3.05, 3.63) is 52.7 Å². The highest BCUT2D eigenvalue weighted by Crippen LogP contribution is 2.19. The maximum absolute atomic E-state index is 12.5. The summed E-state index contributed by atoms with van der Waals surface area (Å²) in [4.78, 5) is 19.0. The third kappa shape index (κ3) is 7.09. The molecule has 2 heterocycles. The number of amides is 1. The van der Waals surface area contributed by atoms with Crippen LogP contribution in [0.4, 0.5) is 0 Å². The van der Waals surface area contributed by atoms with E-state index in [4.69, 9.17) is 25.8 Å². The Morgan fingerprint density at radius 1 is 1.26 bits per heavy atom. The average Bonchev–Trinajstić information content (AvgIpc) is 2.79. The molecule has 0 aliphatic carbocycles. The summed E-state index contributed by atoms with van der Waals surface area (Å²) in [6, 6.07) is 11.5. The van der Waals surface area contributed by atoms with E-state index in [0.29, 0.717) is 31.7 Å². The van der Waals surface area contributed by atoms with Gasteiger partial charge in [0.25, 0.3) is 5.91 Å². The molecule has 1 aromatic carbocycles. The van der Waals surface area contributed by atoms with Crippen LogP contribution in [0.3, 0.4) is 0 Å². The number of aromatic nitrogens is 1. The smallest absolute Gasteiger partial charge is 0.271 e. The summed E-state index contributed by atoms with van der Waals surface area (Å²) in [5.41, 5.74) is 1.08. The first kappa shape index (κ1) is 23.3. The fraction of sp³-hybridized carbons (Fsp3) is 0.478. The van der Waals surface area contributed by atoms with E-state index in [1.54, 1.807) is 12.1 Å². The molecule has 1 fully saturated rings. The van der Waals surface area contributed by atoms with Gasteiger partial charge in [0.15, 0.2) is 5.69 Å². The van der Waals surface area contributed by atoms with Gasteiger partial charge in [0.2, 0.25) is 5.88 Å². The lowest BCUT2D eigenvalue weighted by Crippen LogP contribution is -2.38. The lowest BCUT2D eigenvalue weighted by atomic mass is 10.1. The maximum atomic E-state index is 12.5. The molecule has 1 aromatic heterocycles. The predicted molar refractivity (Wildman–Crippen MR) is 120 cm³/mol. The van der Waals surface area contributed by atoms with Gasteiger partial charge >= 0.3 is 0 Å². The van der Waals surface area contributed by atoms with Crippen LogP contribution in [0, 0.1) is 0 Å². The van der Waals surface area contributed by atoms with Crippen LogP contribution in [0.25, 0.3) is 0 Å². The summed E-state index contributed by atoms with van der Waals surface area (Å²) in [6.45, 7) is 5.79. The minimum atomic E-state index is -0.351. The highest BCUT2D eigenvalue weighted by atomic mass is 35.5. The zero-order valence-corrected chi connectivity index (χ0v) is 18.9. The molecule has 0 spiro atoms. The van der Waals surface area contributed by atoms with Crippen LogP contribution in [0.5, 0.6) is 11.6 Å². The molecule has 1 N–H and O–H groups in total. The molecule has 2 aromatic rings. The van der Waals surface area contributed by atoms with Gasteiger partial charge in [-0.15, -0.1) is 0 Å². The molecule has 0 bridgehead atoms. The third-order valence-corrected chi connectivity index (χ3v) is 5.51. The number of likely N-dealkylation sites (N-methyl/N-ethyl adjacent to an activating group) is 1. The Balaban J connectivity index is 1.49. The van der Waals surface area contributed by atoms with Crippen molar-refractivity contribution in [2.45, 2.75) is 32.4 Å². The molecule has 3 rings (SSSR count). The second kappa shape index (κ2) is 11.9. The Bertz CT molecular complexity index is 858. The molecule has 0 saturated carbocycles. The van der Waals surface area contributed by atoms with Crippen molar-refractivity contribution in [2.75, 3.05) is 40.0 Å². The Morgan fingerprint density at radius 3 is 2.84 bits per heavy atom. The molecule has 0 atom stereocenters. The maximum Gasteiger partial charge on any atom is 0.271 e. The van der Waals surface area contributed by atoms with Gasteiger partial charge in [0.1, 0.15) is 12.4 Å². The van der Waals surface area contributed by atoms with E-state index in [9.17, 15) is 4.79 Å². The SMILES string of the molecule is CCOc1ccc(Cl)c(C(=O)NCc2cccc(OCCN(C)C3CCOCC3)c2)n1. The molecule has 31 heavy (non-hydrogen) atoms. The number of halogens is 1. The first-order valence-electron chi connectivity index (χ1n) is 10.6. The van der Waals surface area contributed by atoms with Crippen molar-refractivity contribution < 1.29 is 19.0 Å². The quantitative estimate of drug-likeness (QED) is 0.600. The minimum Gasteiger partial charge on any atom is -0.492 e. The van der Waals surface area contributed by atoms with Gasteiger partial charge < -0.3 is 19.5 Å². The van der Waals surface area contributed by atoms with Gasteiger partial charge in [-0.2, -0.15) is 0 Å². The highest BCUT2D eigenvalue weighted by Gasteiger charge is 2.18. The summed E-state index contributed by atoms with van der Waals surface area (Å²) in [5.74, 6) is 0.802. The van der Waals surface area contributed by atoms with E-state index in [-0.39, 0.29) is 16.6 Å². The molecule has 1 aliphatic rings. The standard InChI is InChI=1S/C23H30ClN3O4/c1-3-30-21-8-7-20(24)22(26-21)23(28)25-16-17-5-4-6-19(15-17)31-14-11-27(2)18-9-12-29-13-10-18/h4-8,15,18H,3,9-14,16H2,1-2H3,(H,25,28). The molecule has 168 valence electrons. The first-order chi connectivity index (χ1) is 15.1. The van der Waals surface area contributed by atoms with Gasteiger partial charge in [0, 0.05) is 38.4 Å². The number of benzene rings is 1. The summed E-state index contributed by atoms with van der Waals surface area (Å²) >= 11 is 6.13. The molecule has 8 heteroatoms. The van der Waals surface area contributed by atoms with Crippen molar-refractivity contribution in [1.29, 1.82) is 0 Å². The lowest BCUT2D eigenvalue weighted by molar-refractivity contribution is 0.0392. The molecule has 1 amide bonds. The normalized spacial score (nSPS) is 14.5. The van der Waals surface area contributed by atoms with Crippen LogP contribution in [-0.4, -0.2) is 61.9 Å². The van der Waals surface area contributed by atoms with Crippen LogP contribution in [-0.2, 0) is 11.3 Å². The zero-order valence-electron chi connectivity index (χ0n) is 18.1. The Labute approximate surface area is 188 Å². The third-order valence-electron chi connectivity index (χ3n) is 5.21. The molecular formula is C23H30ClN3O4. The van der Waals surface area contributed by atoms with Crippen molar-refractivity contribution in [3.63, 3.8) is 0 Å². The fourth-order valence-corrected chi connectivity index (χ4v) is 3.63. The van der Waals surface area contributed by atoms with Gasteiger partial charge in [-0.25, -0.2) is 4.98 Å². The second-order valence-corrected chi connectivity index (χ2v) is 7.82. The van der Waals surface area contributed by atoms with E-state index >= 15 is 0 Å². The van der Waals surface area contributed by atoms with E-state index in [2.05, 4.69) is 22.2 Å². The Kier molecular flexibility index (Phi) is 8.94. The van der Waals surface area contributed by atoms with Crippen LogP contribution in [0.1, 0.15) is 35.8 Å². The Hall–Kier alpha value is -2.35. The second-order valence-electron chi connectivity index (χ2n) is 7.42. The monoisotopic (exact) mass is 447 g/mol. The largest absolute Gasteiger partial charge is 0.492 e. The van der Waals surface area contributed by atoms with Crippen molar-refractivity contribution in [2.24, 2.45) is 0 Å². The zero-order chi connectivity index (χ0) is 22.1. The number of rotatable bonds is 10. The van der Waals surface area contributed by atoms with Crippen molar-refractivity contribution in [3.8, 4) is 11.6 Å². The fourth-order valence-electron chi connectivity index (χ4n) is 3.44. The molecule has 1 saturated heterocycles. The minimum absolute atomic E-state index is 0.149. The molecule has 0 unspecified atom stereocenters. The molecular weight excluding hydrogens is 418 g/mol. The number of nitrogens with one attached hydrogen (secondary N) is 1. The van der Waals surface area contributed by atoms with Crippen LogP contribution >= 0.6 is 11.6 Å². The van der Waals surface area contributed by atoms with Crippen molar-refractivity contribution >= 4 is 17.5 Å². The van der Waals surface area contributed by atoms with E-state index < -0.39 is 0 Å². The molecule has 7 nitrogen and oxygen atoms in total. The van der Waals surface area contributed by atoms with E-state index in [0.717, 1.165) is 43.9 Å². The summed E-state index contributed by atoms with van der Waals surface area (Å²) in [7, 11) is 2.13. The topological polar surface area (TPSA) is 72.9 Å².